The van der Waals surface area contributed by atoms with Crippen molar-refractivity contribution >= 4 is 17.5 Å². The molecule has 142 valence electrons. The van der Waals surface area contributed by atoms with Gasteiger partial charge in [0.2, 0.25) is 0 Å². The van der Waals surface area contributed by atoms with Gasteiger partial charge in [0.25, 0.3) is 5.91 Å². The van der Waals surface area contributed by atoms with Crippen molar-refractivity contribution in [1.29, 1.82) is 0 Å². The molecule has 1 N–H and O–H groups in total. The van der Waals surface area contributed by atoms with E-state index in [1.807, 2.05) is 42.5 Å². The summed E-state index contributed by atoms with van der Waals surface area (Å²) in [4.78, 5) is 22.8. The standard InChI is InChI=1S/C22H22N4O2/c27-22(25-20-14-21(24-16-23-20)26-12-4-5-13-26)15-28-19-10-8-18(9-11-19)17-6-2-1-3-7-17/h1-3,6-11,14,16H,4-5,12-13,15H2,(H,23,24,25,27). The average Bonchev–Trinajstić information content (AvgIpc) is 3.29. The first-order chi connectivity index (χ1) is 13.8. The Morgan fingerprint density at radius 2 is 1.68 bits per heavy atom. The predicted octanol–water partition coefficient (Wildman–Crippen LogP) is 3.76. The normalized spacial score (nSPS) is 13.4. The second-order valence-electron chi connectivity index (χ2n) is 6.68. The smallest absolute Gasteiger partial charge is 0.263 e. The Labute approximate surface area is 164 Å². The number of amides is 1. The molecule has 0 unspecified atom stereocenters. The molecule has 6 heteroatoms. The third-order valence-electron chi connectivity index (χ3n) is 4.68. The van der Waals surface area contributed by atoms with Gasteiger partial charge in [0.05, 0.1) is 0 Å². The van der Waals surface area contributed by atoms with Gasteiger partial charge in [0.1, 0.15) is 23.7 Å². The largest absolute Gasteiger partial charge is 0.484 e. The summed E-state index contributed by atoms with van der Waals surface area (Å²) in [6.07, 6.45) is 3.82. The van der Waals surface area contributed by atoms with Gasteiger partial charge in [0.15, 0.2) is 6.61 Å². The third-order valence-corrected chi connectivity index (χ3v) is 4.68. The molecule has 1 fully saturated rings. The summed E-state index contributed by atoms with van der Waals surface area (Å²) in [6, 6.07) is 19.6. The molecule has 6 nitrogen and oxygen atoms in total. The van der Waals surface area contributed by atoms with Crippen molar-refractivity contribution in [2.45, 2.75) is 12.8 Å². The number of hydrogen-bond acceptors (Lipinski definition) is 5. The number of carbonyl (C=O) groups excluding carboxylic acids is 1. The van der Waals surface area contributed by atoms with Gasteiger partial charge in [-0.2, -0.15) is 0 Å². The van der Waals surface area contributed by atoms with Crippen LogP contribution < -0.4 is 15.0 Å². The number of aromatic nitrogens is 2. The zero-order valence-electron chi connectivity index (χ0n) is 15.5. The average molecular weight is 374 g/mol. The number of carbonyl (C=O) groups is 1. The van der Waals surface area contributed by atoms with Crippen molar-refractivity contribution in [1.82, 2.24) is 9.97 Å². The molecule has 0 saturated carbocycles. The molecule has 0 bridgehead atoms. The van der Waals surface area contributed by atoms with Crippen LogP contribution in [0.5, 0.6) is 5.75 Å². The lowest BCUT2D eigenvalue weighted by molar-refractivity contribution is -0.118. The molecular weight excluding hydrogens is 352 g/mol. The maximum Gasteiger partial charge on any atom is 0.263 e. The van der Waals surface area contributed by atoms with Crippen molar-refractivity contribution in [2.75, 3.05) is 29.9 Å². The van der Waals surface area contributed by atoms with E-state index in [1.165, 1.54) is 19.2 Å². The molecule has 0 aliphatic carbocycles. The Balaban J connectivity index is 1.31. The van der Waals surface area contributed by atoms with Gasteiger partial charge in [-0.05, 0) is 36.1 Å². The Bertz CT molecular complexity index is 923. The van der Waals surface area contributed by atoms with Crippen molar-refractivity contribution in [3.05, 3.63) is 67.0 Å². The van der Waals surface area contributed by atoms with Crippen molar-refractivity contribution in [3.8, 4) is 16.9 Å². The van der Waals surface area contributed by atoms with Crippen LogP contribution in [-0.2, 0) is 4.79 Å². The molecule has 28 heavy (non-hydrogen) atoms. The Hall–Kier alpha value is -3.41. The fourth-order valence-corrected chi connectivity index (χ4v) is 3.24. The van der Waals surface area contributed by atoms with Crippen LogP contribution in [0.25, 0.3) is 11.1 Å². The Kier molecular flexibility index (Phi) is 5.47. The van der Waals surface area contributed by atoms with Gasteiger partial charge >= 0.3 is 0 Å². The summed E-state index contributed by atoms with van der Waals surface area (Å²) in [7, 11) is 0. The molecule has 4 rings (SSSR count). The van der Waals surface area contributed by atoms with Crippen LogP contribution in [0.1, 0.15) is 12.8 Å². The quantitative estimate of drug-likeness (QED) is 0.712. The van der Waals surface area contributed by atoms with Crippen molar-refractivity contribution in [2.24, 2.45) is 0 Å². The van der Waals surface area contributed by atoms with Gasteiger partial charge in [0, 0.05) is 19.2 Å². The number of benzene rings is 2. The lowest BCUT2D eigenvalue weighted by Crippen LogP contribution is -2.22. The van der Waals surface area contributed by atoms with E-state index in [1.54, 1.807) is 6.07 Å². The highest BCUT2D eigenvalue weighted by molar-refractivity contribution is 5.91. The topological polar surface area (TPSA) is 67.3 Å². The third kappa shape index (κ3) is 4.46. The van der Waals surface area contributed by atoms with E-state index in [4.69, 9.17) is 4.74 Å². The van der Waals surface area contributed by atoms with E-state index in [-0.39, 0.29) is 12.5 Å². The maximum atomic E-state index is 12.2. The van der Waals surface area contributed by atoms with E-state index in [0.717, 1.165) is 30.0 Å². The minimum atomic E-state index is -0.252. The van der Waals surface area contributed by atoms with Crippen LogP contribution >= 0.6 is 0 Å². The fourth-order valence-electron chi connectivity index (χ4n) is 3.24. The first-order valence-electron chi connectivity index (χ1n) is 9.43. The summed E-state index contributed by atoms with van der Waals surface area (Å²) >= 11 is 0. The van der Waals surface area contributed by atoms with Crippen LogP contribution in [0.2, 0.25) is 0 Å². The zero-order valence-corrected chi connectivity index (χ0v) is 15.5. The van der Waals surface area contributed by atoms with Gasteiger partial charge in [-0.3, -0.25) is 4.79 Å². The number of nitrogens with zero attached hydrogens (tertiary/aromatic N) is 3. The molecule has 1 aromatic heterocycles. The summed E-state index contributed by atoms with van der Waals surface area (Å²) in [5, 5.41) is 2.77. The number of ether oxygens (including phenoxy) is 1. The lowest BCUT2D eigenvalue weighted by Gasteiger charge is -2.16. The predicted molar refractivity (Wildman–Crippen MR) is 109 cm³/mol. The van der Waals surface area contributed by atoms with Crippen molar-refractivity contribution < 1.29 is 9.53 Å². The highest BCUT2D eigenvalue weighted by Gasteiger charge is 2.14. The zero-order chi connectivity index (χ0) is 19.2. The Morgan fingerprint density at radius 1 is 0.964 bits per heavy atom. The molecule has 0 atom stereocenters. The van der Waals surface area contributed by atoms with E-state index in [2.05, 4.69) is 32.3 Å². The molecule has 3 aromatic rings. The van der Waals surface area contributed by atoms with E-state index in [9.17, 15) is 4.79 Å². The SMILES string of the molecule is O=C(COc1ccc(-c2ccccc2)cc1)Nc1cc(N2CCCC2)ncn1. The van der Waals surface area contributed by atoms with Crippen LogP contribution in [0, 0.1) is 0 Å². The van der Waals surface area contributed by atoms with E-state index >= 15 is 0 Å². The number of anilines is 2. The van der Waals surface area contributed by atoms with Crippen LogP contribution in [-0.4, -0.2) is 35.6 Å². The molecule has 0 radical (unpaired) electrons. The van der Waals surface area contributed by atoms with Gasteiger partial charge in [-0.1, -0.05) is 42.5 Å². The molecule has 2 heterocycles. The minimum Gasteiger partial charge on any atom is -0.484 e. The molecular formula is C22H22N4O2. The summed E-state index contributed by atoms with van der Waals surface area (Å²) in [5.74, 6) is 1.73. The molecule has 2 aromatic carbocycles. The van der Waals surface area contributed by atoms with Crippen LogP contribution in [0.4, 0.5) is 11.6 Å². The number of rotatable bonds is 6. The number of hydrogen-bond donors (Lipinski definition) is 1. The first-order valence-corrected chi connectivity index (χ1v) is 9.43. The highest BCUT2D eigenvalue weighted by Crippen LogP contribution is 2.22. The van der Waals surface area contributed by atoms with Crippen LogP contribution in [0.3, 0.4) is 0 Å². The maximum absolute atomic E-state index is 12.2. The molecule has 1 aliphatic heterocycles. The first kappa shape index (κ1) is 18.0. The van der Waals surface area contributed by atoms with Gasteiger partial charge < -0.3 is 15.0 Å². The monoisotopic (exact) mass is 374 g/mol. The molecule has 1 aliphatic rings. The molecule has 0 spiro atoms. The number of nitrogens with one attached hydrogen (secondary N) is 1. The van der Waals surface area contributed by atoms with E-state index in [0.29, 0.717) is 11.6 Å². The molecule has 1 amide bonds. The summed E-state index contributed by atoms with van der Waals surface area (Å²) in [6.45, 7) is 1.91. The van der Waals surface area contributed by atoms with Gasteiger partial charge in [-0.25, -0.2) is 9.97 Å². The lowest BCUT2D eigenvalue weighted by atomic mass is 10.1. The van der Waals surface area contributed by atoms with E-state index < -0.39 is 0 Å². The minimum absolute atomic E-state index is 0.0757. The van der Waals surface area contributed by atoms with Crippen LogP contribution in [0.15, 0.2) is 67.0 Å². The Morgan fingerprint density at radius 3 is 2.43 bits per heavy atom. The van der Waals surface area contributed by atoms with Crippen molar-refractivity contribution in [3.63, 3.8) is 0 Å². The summed E-state index contributed by atoms with van der Waals surface area (Å²) in [5.41, 5.74) is 2.25. The fraction of sp³-hybridized carbons (Fsp3) is 0.227. The second-order valence-corrected chi connectivity index (χ2v) is 6.68. The second kappa shape index (κ2) is 8.52. The summed E-state index contributed by atoms with van der Waals surface area (Å²) < 4.78 is 5.60. The van der Waals surface area contributed by atoms with Gasteiger partial charge in [-0.15, -0.1) is 0 Å². The highest BCUT2D eigenvalue weighted by atomic mass is 16.5. The molecule has 1 saturated heterocycles.